The molecule has 2 aromatic rings. The molecule has 1 fully saturated rings. The van der Waals surface area contributed by atoms with E-state index in [2.05, 4.69) is 34.3 Å². The summed E-state index contributed by atoms with van der Waals surface area (Å²) in [6.07, 6.45) is 5.66. The fourth-order valence-corrected chi connectivity index (χ4v) is 3.18. The lowest BCUT2D eigenvalue weighted by molar-refractivity contribution is 0.0502. The number of likely N-dealkylation sites (tertiary alicyclic amines) is 1. The molecule has 0 bridgehead atoms. The van der Waals surface area contributed by atoms with Gasteiger partial charge in [0.05, 0.1) is 6.10 Å². The third-order valence-electron chi connectivity index (χ3n) is 4.31. The SMILES string of the molecule is O[C@@H]1CN(CCCn2cccn2)CC[C@H]1c1ccccc1. The Morgan fingerprint density at radius 3 is 2.71 bits per heavy atom. The van der Waals surface area contributed by atoms with Gasteiger partial charge in [0.15, 0.2) is 0 Å². The third kappa shape index (κ3) is 3.71. The predicted octanol–water partition coefficient (Wildman–Crippen LogP) is 2.12. The van der Waals surface area contributed by atoms with E-state index in [0.29, 0.717) is 0 Å². The zero-order valence-electron chi connectivity index (χ0n) is 12.3. The summed E-state index contributed by atoms with van der Waals surface area (Å²) in [7, 11) is 0. The molecule has 3 rings (SSSR count). The molecule has 0 unspecified atom stereocenters. The van der Waals surface area contributed by atoms with Crippen molar-refractivity contribution in [2.24, 2.45) is 0 Å². The molecule has 0 amide bonds. The van der Waals surface area contributed by atoms with Crippen LogP contribution in [0, 0.1) is 0 Å². The van der Waals surface area contributed by atoms with Crippen molar-refractivity contribution in [2.75, 3.05) is 19.6 Å². The standard InChI is InChI=1S/C17H23N3O/c21-17-14-19(10-5-12-20-11-4-9-18-20)13-8-16(17)15-6-2-1-3-7-15/h1-4,6-7,9,11,16-17,21H,5,8,10,12-14H2/t16-,17+/m0/s1. The molecule has 1 aromatic heterocycles. The fourth-order valence-electron chi connectivity index (χ4n) is 3.18. The molecule has 0 radical (unpaired) electrons. The van der Waals surface area contributed by atoms with Crippen molar-refractivity contribution in [3.05, 3.63) is 54.4 Å². The third-order valence-corrected chi connectivity index (χ3v) is 4.31. The fraction of sp³-hybridized carbons (Fsp3) is 0.471. The van der Waals surface area contributed by atoms with Crippen molar-refractivity contribution in [1.29, 1.82) is 0 Å². The first-order chi connectivity index (χ1) is 10.3. The van der Waals surface area contributed by atoms with E-state index >= 15 is 0 Å². The highest BCUT2D eigenvalue weighted by Crippen LogP contribution is 2.28. The van der Waals surface area contributed by atoms with Gasteiger partial charge in [-0.05, 0) is 31.0 Å². The van der Waals surface area contributed by atoms with Gasteiger partial charge in [0.25, 0.3) is 0 Å². The van der Waals surface area contributed by atoms with Crippen LogP contribution in [0.15, 0.2) is 48.8 Å². The van der Waals surface area contributed by atoms with Gasteiger partial charge in [-0.2, -0.15) is 5.10 Å². The number of piperidine rings is 1. The zero-order chi connectivity index (χ0) is 14.5. The van der Waals surface area contributed by atoms with E-state index in [1.54, 1.807) is 0 Å². The molecular weight excluding hydrogens is 262 g/mol. The lowest BCUT2D eigenvalue weighted by atomic mass is 9.87. The first-order valence-corrected chi connectivity index (χ1v) is 7.76. The van der Waals surface area contributed by atoms with Crippen molar-refractivity contribution in [2.45, 2.75) is 31.4 Å². The molecule has 2 atom stereocenters. The van der Waals surface area contributed by atoms with Crippen LogP contribution >= 0.6 is 0 Å². The number of aliphatic hydroxyl groups excluding tert-OH is 1. The van der Waals surface area contributed by atoms with Crippen LogP contribution in [0.5, 0.6) is 0 Å². The summed E-state index contributed by atoms with van der Waals surface area (Å²) in [4.78, 5) is 2.37. The van der Waals surface area contributed by atoms with Gasteiger partial charge in [-0.3, -0.25) is 4.68 Å². The maximum atomic E-state index is 10.4. The largest absolute Gasteiger partial charge is 0.391 e. The lowest BCUT2D eigenvalue weighted by Crippen LogP contribution is -2.43. The van der Waals surface area contributed by atoms with E-state index in [-0.39, 0.29) is 12.0 Å². The van der Waals surface area contributed by atoms with E-state index in [9.17, 15) is 5.11 Å². The molecule has 4 heteroatoms. The number of nitrogens with zero attached hydrogens (tertiary/aromatic N) is 3. The van der Waals surface area contributed by atoms with Crippen molar-refractivity contribution in [3.8, 4) is 0 Å². The van der Waals surface area contributed by atoms with Gasteiger partial charge in [0.2, 0.25) is 0 Å². The van der Waals surface area contributed by atoms with Gasteiger partial charge in [0, 0.05) is 37.9 Å². The summed E-state index contributed by atoms with van der Waals surface area (Å²) in [5.74, 6) is 0.286. The Labute approximate surface area is 126 Å². The maximum Gasteiger partial charge on any atom is 0.0735 e. The Balaban J connectivity index is 1.47. The second kappa shape index (κ2) is 6.87. The molecule has 1 aliphatic heterocycles. The van der Waals surface area contributed by atoms with Crippen molar-refractivity contribution in [1.82, 2.24) is 14.7 Å². The van der Waals surface area contributed by atoms with Gasteiger partial charge in [-0.25, -0.2) is 0 Å². The summed E-state index contributed by atoms with van der Waals surface area (Å²) >= 11 is 0. The van der Waals surface area contributed by atoms with E-state index < -0.39 is 0 Å². The highest BCUT2D eigenvalue weighted by molar-refractivity contribution is 5.21. The van der Waals surface area contributed by atoms with Gasteiger partial charge < -0.3 is 10.0 Å². The Kier molecular flexibility index (Phi) is 4.68. The van der Waals surface area contributed by atoms with Gasteiger partial charge in [-0.15, -0.1) is 0 Å². The maximum absolute atomic E-state index is 10.4. The number of hydrogen-bond acceptors (Lipinski definition) is 3. The van der Waals surface area contributed by atoms with Crippen LogP contribution in [0.25, 0.3) is 0 Å². The number of benzene rings is 1. The second-order valence-electron chi connectivity index (χ2n) is 5.80. The number of β-amino-alcohol motifs (C(OH)–C–C–N with tert-alkyl or cyclic N) is 1. The highest BCUT2D eigenvalue weighted by Gasteiger charge is 2.28. The molecule has 21 heavy (non-hydrogen) atoms. The van der Waals surface area contributed by atoms with Crippen LogP contribution in [-0.2, 0) is 6.54 Å². The molecule has 1 saturated heterocycles. The summed E-state index contributed by atoms with van der Waals surface area (Å²) in [6, 6.07) is 12.3. The second-order valence-corrected chi connectivity index (χ2v) is 5.80. The minimum absolute atomic E-state index is 0.258. The molecule has 0 saturated carbocycles. The molecule has 2 heterocycles. The Morgan fingerprint density at radius 1 is 1.14 bits per heavy atom. The topological polar surface area (TPSA) is 41.3 Å². The van der Waals surface area contributed by atoms with Crippen LogP contribution in [-0.4, -0.2) is 45.5 Å². The van der Waals surface area contributed by atoms with Crippen LogP contribution in [0.4, 0.5) is 0 Å². The normalized spacial score (nSPS) is 23.3. The minimum Gasteiger partial charge on any atom is -0.391 e. The van der Waals surface area contributed by atoms with E-state index in [0.717, 1.165) is 39.0 Å². The average molecular weight is 285 g/mol. The molecule has 4 nitrogen and oxygen atoms in total. The van der Waals surface area contributed by atoms with Crippen molar-refractivity contribution >= 4 is 0 Å². The highest BCUT2D eigenvalue weighted by atomic mass is 16.3. The van der Waals surface area contributed by atoms with Crippen LogP contribution in [0.2, 0.25) is 0 Å². The summed E-state index contributed by atoms with van der Waals surface area (Å²) in [5.41, 5.74) is 1.26. The molecule has 0 spiro atoms. The quantitative estimate of drug-likeness (QED) is 0.915. The summed E-state index contributed by atoms with van der Waals surface area (Å²) in [5, 5.41) is 14.6. The number of aliphatic hydroxyl groups is 1. The zero-order valence-corrected chi connectivity index (χ0v) is 12.3. The van der Waals surface area contributed by atoms with E-state index in [1.165, 1.54) is 5.56 Å². The molecule has 1 N–H and O–H groups in total. The average Bonchev–Trinajstić information content (AvgIpc) is 3.02. The van der Waals surface area contributed by atoms with E-state index in [4.69, 9.17) is 0 Å². The summed E-state index contributed by atoms with van der Waals surface area (Å²) in [6.45, 7) is 3.81. The van der Waals surface area contributed by atoms with Gasteiger partial charge in [0.1, 0.15) is 0 Å². The molecule has 1 aromatic carbocycles. The number of rotatable bonds is 5. The Bertz CT molecular complexity index is 526. The van der Waals surface area contributed by atoms with Gasteiger partial charge in [-0.1, -0.05) is 30.3 Å². The minimum atomic E-state index is -0.258. The lowest BCUT2D eigenvalue weighted by Gasteiger charge is -2.36. The monoisotopic (exact) mass is 285 g/mol. The van der Waals surface area contributed by atoms with Crippen LogP contribution in [0.1, 0.15) is 24.3 Å². The van der Waals surface area contributed by atoms with Crippen LogP contribution in [0.3, 0.4) is 0 Å². The molecule has 0 aliphatic carbocycles. The summed E-state index contributed by atoms with van der Waals surface area (Å²) < 4.78 is 1.97. The predicted molar refractivity (Wildman–Crippen MR) is 83.1 cm³/mol. The Hall–Kier alpha value is -1.65. The number of aromatic nitrogens is 2. The van der Waals surface area contributed by atoms with Gasteiger partial charge >= 0.3 is 0 Å². The Morgan fingerprint density at radius 2 is 2.00 bits per heavy atom. The smallest absolute Gasteiger partial charge is 0.0735 e. The molecule has 112 valence electrons. The molecule has 1 aliphatic rings. The first kappa shape index (κ1) is 14.3. The first-order valence-electron chi connectivity index (χ1n) is 7.76. The van der Waals surface area contributed by atoms with Crippen LogP contribution < -0.4 is 0 Å². The van der Waals surface area contributed by atoms with Crippen molar-refractivity contribution in [3.63, 3.8) is 0 Å². The van der Waals surface area contributed by atoms with E-state index in [1.807, 2.05) is 29.2 Å². The number of hydrogen-bond donors (Lipinski definition) is 1. The van der Waals surface area contributed by atoms with Crippen molar-refractivity contribution < 1.29 is 5.11 Å². The molecular formula is C17H23N3O. The number of aryl methyl sites for hydroxylation is 1.